The summed E-state index contributed by atoms with van der Waals surface area (Å²) in [6, 6.07) is 19.1. The molecule has 3 aromatic rings. The van der Waals surface area contributed by atoms with Crippen molar-refractivity contribution >= 4 is 46.5 Å². The Morgan fingerprint density at radius 1 is 0.735 bits per heavy atom. The number of ether oxygens (including phenoxy) is 2. The fourth-order valence-electron chi connectivity index (χ4n) is 3.00. The van der Waals surface area contributed by atoms with Crippen LogP contribution >= 0.6 is 11.8 Å². The van der Waals surface area contributed by atoms with Crippen molar-refractivity contribution in [3.63, 3.8) is 0 Å². The molecule has 0 aliphatic rings. The second-order valence-electron chi connectivity index (χ2n) is 7.14. The monoisotopic (exact) mass is 479 g/mol. The van der Waals surface area contributed by atoms with Crippen molar-refractivity contribution in [2.45, 2.75) is 11.8 Å². The number of hydrogen-bond acceptors (Lipinski definition) is 6. The largest absolute Gasteiger partial charge is 0.493 e. The molecule has 8 nitrogen and oxygen atoms in total. The van der Waals surface area contributed by atoms with Gasteiger partial charge >= 0.3 is 0 Å². The van der Waals surface area contributed by atoms with E-state index >= 15 is 0 Å². The smallest absolute Gasteiger partial charge is 0.255 e. The molecular weight excluding hydrogens is 454 g/mol. The van der Waals surface area contributed by atoms with Gasteiger partial charge in [0.25, 0.3) is 5.91 Å². The van der Waals surface area contributed by atoms with E-state index in [1.807, 2.05) is 12.1 Å². The maximum Gasteiger partial charge on any atom is 0.255 e. The lowest BCUT2D eigenvalue weighted by Gasteiger charge is -2.10. The van der Waals surface area contributed by atoms with Gasteiger partial charge in [-0.05, 0) is 66.7 Å². The molecule has 3 rings (SSSR count). The summed E-state index contributed by atoms with van der Waals surface area (Å²) in [4.78, 5) is 36.7. The summed E-state index contributed by atoms with van der Waals surface area (Å²) < 4.78 is 10.4. The van der Waals surface area contributed by atoms with Gasteiger partial charge in [-0.1, -0.05) is 0 Å². The topological polar surface area (TPSA) is 106 Å². The van der Waals surface area contributed by atoms with Crippen LogP contribution < -0.4 is 25.4 Å². The van der Waals surface area contributed by atoms with Crippen LogP contribution in [-0.4, -0.2) is 37.7 Å². The Kier molecular flexibility index (Phi) is 8.53. The number of hydrogen-bond donors (Lipinski definition) is 3. The van der Waals surface area contributed by atoms with Crippen LogP contribution in [-0.2, 0) is 9.59 Å². The van der Waals surface area contributed by atoms with Gasteiger partial charge in [-0.2, -0.15) is 0 Å². The number of carbonyl (C=O) groups is 3. The van der Waals surface area contributed by atoms with Gasteiger partial charge in [0.15, 0.2) is 11.5 Å². The second-order valence-corrected chi connectivity index (χ2v) is 8.19. The highest BCUT2D eigenvalue weighted by molar-refractivity contribution is 8.00. The summed E-state index contributed by atoms with van der Waals surface area (Å²) in [6.45, 7) is 1.44. The zero-order valence-electron chi connectivity index (χ0n) is 19.0. The third kappa shape index (κ3) is 7.01. The van der Waals surface area contributed by atoms with E-state index in [0.29, 0.717) is 34.1 Å². The van der Waals surface area contributed by atoms with Crippen LogP contribution in [0.25, 0.3) is 0 Å². The third-order valence-corrected chi connectivity index (χ3v) is 5.63. The summed E-state index contributed by atoms with van der Waals surface area (Å²) >= 11 is 1.38. The van der Waals surface area contributed by atoms with Gasteiger partial charge in [0, 0.05) is 34.4 Å². The van der Waals surface area contributed by atoms with E-state index in [2.05, 4.69) is 16.0 Å². The normalized spacial score (nSPS) is 10.2. The molecule has 0 unspecified atom stereocenters. The Bertz CT molecular complexity index is 1160. The summed E-state index contributed by atoms with van der Waals surface area (Å²) in [5.74, 6) is 0.675. The Hall–Kier alpha value is -3.98. The molecule has 0 aliphatic carbocycles. The molecule has 0 fully saturated rings. The molecule has 0 heterocycles. The fourth-order valence-corrected chi connectivity index (χ4v) is 3.70. The van der Waals surface area contributed by atoms with Crippen molar-refractivity contribution < 1.29 is 23.9 Å². The highest BCUT2D eigenvalue weighted by atomic mass is 32.2. The molecule has 3 amide bonds. The zero-order chi connectivity index (χ0) is 24.5. The van der Waals surface area contributed by atoms with Crippen molar-refractivity contribution in [1.82, 2.24) is 0 Å². The SMILES string of the molecule is COc1ccc(C(=O)Nc2ccc(SCC(=O)Nc3ccc(NC(C)=O)cc3)cc2)cc1OC. The van der Waals surface area contributed by atoms with Crippen LogP contribution in [0.3, 0.4) is 0 Å². The zero-order valence-corrected chi connectivity index (χ0v) is 19.8. The van der Waals surface area contributed by atoms with Gasteiger partial charge in [0.1, 0.15) is 0 Å². The van der Waals surface area contributed by atoms with Gasteiger partial charge in [-0.3, -0.25) is 14.4 Å². The molecule has 0 bridgehead atoms. The number of anilines is 3. The Balaban J connectivity index is 1.50. The molecular formula is C25H25N3O5S. The first-order valence-electron chi connectivity index (χ1n) is 10.3. The molecule has 0 aromatic heterocycles. The first kappa shape index (κ1) is 24.7. The quantitative estimate of drug-likeness (QED) is 0.386. The van der Waals surface area contributed by atoms with Gasteiger partial charge in [-0.15, -0.1) is 11.8 Å². The number of nitrogens with one attached hydrogen (secondary N) is 3. The van der Waals surface area contributed by atoms with E-state index in [0.717, 1.165) is 4.90 Å². The molecule has 3 N–H and O–H groups in total. The Morgan fingerprint density at radius 2 is 1.29 bits per heavy atom. The molecule has 0 atom stereocenters. The molecule has 176 valence electrons. The van der Waals surface area contributed by atoms with Crippen molar-refractivity contribution in [3.05, 3.63) is 72.3 Å². The first-order chi connectivity index (χ1) is 16.4. The minimum atomic E-state index is -0.273. The van der Waals surface area contributed by atoms with Gasteiger partial charge < -0.3 is 25.4 Å². The lowest BCUT2D eigenvalue weighted by molar-refractivity contribution is -0.114. The number of thioether (sulfide) groups is 1. The van der Waals surface area contributed by atoms with E-state index in [1.54, 1.807) is 54.6 Å². The van der Waals surface area contributed by atoms with Gasteiger partial charge in [-0.25, -0.2) is 0 Å². The van der Waals surface area contributed by atoms with Crippen LogP contribution in [0.15, 0.2) is 71.6 Å². The fraction of sp³-hybridized carbons (Fsp3) is 0.160. The number of carbonyl (C=O) groups excluding carboxylic acids is 3. The van der Waals surface area contributed by atoms with Crippen molar-refractivity contribution in [1.29, 1.82) is 0 Å². The lowest BCUT2D eigenvalue weighted by Crippen LogP contribution is -2.14. The highest BCUT2D eigenvalue weighted by Gasteiger charge is 2.11. The minimum absolute atomic E-state index is 0.150. The van der Waals surface area contributed by atoms with Crippen LogP contribution in [0.2, 0.25) is 0 Å². The van der Waals surface area contributed by atoms with E-state index < -0.39 is 0 Å². The Morgan fingerprint density at radius 3 is 1.88 bits per heavy atom. The van der Waals surface area contributed by atoms with E-state index in [9.17, 15) is 14.4 Å². The van der Waals surface area contributed by atoms with Crippen LogP contribution in [0.4, 0.5) is 17.1 Å². The molecule has 0 saturated carbocycles. The molecule has 3 aromatic carbocycles. The maximum atomic E-state index is 12.5. The Labute approximate surface area is 202 Å². The second kappa shape index (κ2) is 11.8. The van der Waals surface area contributed by atoms with E-state index in [-0.39, 0.29) is 23.5 Å². The van der Waals surface area contributed by atoms with E-state index in [1.165, 1.54) is 32.9 Å². The summed E-state index contributed by atoms with van der Waals surface area (Å²) in [5, 5.41) is 8.33. The average Bonchev–Trinajstić information content (AvgIpc) is 2.84. The molecule has 34 heavy (non-hydrogen) atoms. The number of amides is 3. The molecule has 0 spiro atoms. The number of rotatable bonds is 9. The van der Waals surface area contributed by atoms with E-state index in [4.69, 9.17) is 9.47 Å². The highest BCUT2D eigenvalue weighted by Crippen LogP contribution is 2.28. The standard InChI is InChI=1S/C25H25N3O5S/c1-16(29)26-18-5-7-19(8-6-18)27-24(30)15-34-21-11-9-20(10-12-21)28-25(31)17-4-13-22(32-2)23(14-17)33-3/h4-14H,15H2,1-3H3,(H,26,29)(H,27,30)(H,28,31). The minimum Gasteiger partial charge on any atom is -0.493 e. The predicted octanol–water partition coefficient (Wildman–Crippen LogP) is 4.65. The van der Waals surface area contributed by atoms with Crippen LogP contribution in [0.1, 0.15) is 17.3 Å². The first-order valence-corrected chi connectivity index (χ1v) is 11.3. The average molecular weight is 480 g/mol. The molecule has 9 heteroatoms. The van der Waals surface area contributed by atoms with Crippen molar-refractivity contribution in [3.8, 4) is 11.5 Å². The van der Waals surface area contributed by atoms with Crippen LogP contribution in [0.5, 0.6) is 11.5 Å². The number of benzene rings is 3. The maximum absolute atomic E-state index is 12.5. The number of methoxy groups -OCH3 is 2. The summed E-state index contributed by atoms with van der Waals surface area (Å²) in [7, 11) is 3.05. The summed E-state index contributed by atoms with van der Waals surface area (Å²) in [5.41, 5.74) is 2.39. The molecule has 0 aliphatic heterocycles. The summed E-state index contributed by atoms with van der Waals surface area (Å²) in [6.07, 6.45) is 0. The van der Waals surface area contributed by atoms with Gasteiger partial charge in [0.2, 0.25) is 11.8 Å². The van der Waals surface area contributed by atoms with Crippen LogP contribution in [0, 0.1) is 0 Å². The van der Waals surface area contributed by atoms with Crippen molar-refractivity contribution in [2.75, 3.05) is 35.9 Å². The predicted molar refractivity (Wildman–Crippen MR) is 134 cm³/mol. The molecule has 0 radical (unpaired) electrons. The van der Waals surface area contributed by atoms with Gasteiger partial charge in [0.05, 0.1) is 20.0 Å². The lowest BCUT2D eigenvalue weighted by atomic mass is 10.2. The van der Waals surface area contributed by atoms with Crippen molar-refractivity contribution in [2.24, 2.45) is 0 Å². The molecule has 0 saturated heterocycles. The third-order valence-electron chi connectivity index (χ3n) is 4.62.